The smallest absolute Gasteiger partial charge is 0.123 e. The van der Waals surface area contributed by atoms with E-state index in [4.69, 9.17) is 0 Å². The average molecular weight is 273 g/mol. The lowest BCUT2D eigenvalue weighted by molar-refractivity contribution is -0.0566. The summed E-state index contributed by atoms with van der Waals surface area (Å²) >= 11 is 0. The van der Waals surface area contributed by atoms with Crippen molar-refractivity contribution in [3.63, 3.8) is 0 Å². The van der Waals surface area contributed by atoms with E-state index in [0.717, 1.165) is 17.4 Å². The second-order valence-electron chi connectivity index (χ2n) is 7.14. The van der Waals surface area contributed by atoms with Gasteiger partial charge >= 0.3 is 0 Å². The monoisotopic (exact) mass is 273 g/mol. The van der Waals surface area contributed by atoms with Crippen LogP contribution in [0, 0.1) is 34.4 Å². The Labute approximate surface area is 118 Å². The fraction of sp³-hybridized carbons (Fsp3) is 0.647. The van der Waals surface area contributed by atoms with Crippen molar-refractivity contribution in [2.45, 2.75) is 37.5 Å². The van der Waals surface area contributed by atoms with E-state index in [-0.39, 0.29) is 11.2 Å². The molecule has 4 fully saturated rings. The number of hydrogen-bond donors (Lipinski definition) is 0. The van der Waals surface area contributed by atoms with E-state index in [2.05, 4.69) is 5.18 Å². The first-order chi connectivity index (χ1) is 9.72. The third-order valence-electron chi connectivity index (χ3n) is 6.30. The first-order valence-electron chi connectivity index (χ1n) is 7.77. The fourth-order valence-corrected chi connectivity index (χ4v) is 5.71. The molecule has 0 spiro atoms. The molecule has 1 aromatic rings. The number of nitrogens with zero attached hydrogens (tertiary/aromatic N) is 1. The maximum absolute atomic E-state index is 13.2. The molecule has 1 aromatic carbocycles. The summed E-state index contributed by atoms with van der Waals surface area (Å²) in [6, 6.07) is 6.85. The number of benzene rings is 1. The molecule has 0 atom stereocenters. The number of nitroso groups, excluding NO2 is 1. The summed E-state index contributed by atoms with van der Waals surface area (Å²) in [6.07, 6.45) is 6.33. The summed E-state index contributed by atoms with van der Waals surface area (Å²) in [4.78, 5) is 11.1. The molecular weight excluding hydrogens is 253 g/mol. The van der Waals surface area contributed by atoms with Gasteiger partial charge in [-0.05, 0) is 73.5 Å². The largest absolute Gasteiger partial charge is 0.207 e. The average Bonchev–Trinajstić information content (AvgIpc) is 2.43. The SMILES string of the molecule is O=NCC1(c2ccc(F)cc2)C2CC3CC(C2)CC1C3. The van der Waals surface area contributed by atoms with Crippen LogP contribution >= 0.6 is 0 Å². The lowest BCUT2D eigenvalue weighted by atomic mass is 9.44. The van der Waals surface area contributed by atoms with E-state index in [1.165, 1.54) is 44.2 Å². The Morgan fingerprint density at radius 1 is 1.00 bits per heavy atom. The summed E-state index contributed by atoms with van der Waals surface area (Å²) in [5, 5.41) is 3.31. The minimum Gasteiger partial charge on any atom is -0.207 e. The van der Waals surface area contributed by atoms with Gasteiger partial charge < -0.3 is 0 Å². The van der Waals surface area contributed by atoms with Crippen LogP contribution in [0.15, 0.2) is 29.4 Å². The minimum atomic E-state index is -0.202. The van der Waals surface area contributed by atoms with E-state index in [1.54, 1.807) is 0 Å². The van der Waals surface area contributed by atoms with Crippen LogP contribution in [-0.2, 0) is 5.41 Å². The molecule has 20 heavy (non-hydrogen) atoms. The maximum Gasteiger partial charge on any atom is 0.123 e. The lowest BCUT2D eigenvalue weighted by Crippen LogP contribution is -2.57. The molecule has 4 aliphatic carbocycles. The molecule has 2 nitrogen and oxygen atoms in total. The molecule has 0 saturated heterocycles. The van der Waals surface area contributed by atoms with Gasteiger partial charge in [-0.15, -0.1) is 0 Å². The van der Waals surface area contributed by atoms with E-state index in [0.29, 0.717) is 18.4 Å². The molecule has 0 N–H and O–H groups in total. The van der Waals surface area contributed by atoms with E-state index < -0.39 is 0 Å². The predicted octanol–water partition coefficient (Wildman–Crippen LogP) is 4.29. The molecule has 0 unspecified atom stereocenters. The predicted molar refractivity (Wildman–Crippen MR) is 75.8 cm³/mol. The van der Waals surface area contributed by atoms with Gasteiger partial charge in [0.15, 0.2) is 0 Å². The lowest BCUT2D eigenvalue weighted by Gasteiger charge is -2.61. The van der Waals surface area contributed by atoms with Gasteiger partial charge in [0, 0.05) is 5.41 Å². The van der Waals surface area contributed by atoms with Crippen molar-refractivity contribution in [1.82, 2.24) is 0 Å². The topological polar surface area (TPSA) is 29.4 Å². The van der Waals surface area contributed by atoms with Gasteiger partial charge in [-0.3, -0.25) is 0 Å². The van der Waals surface area contributed by atoms with E-state index >= 15 is 0 Å². The van der Waals surface area contributed by atoms with Crippen LogP contribution in [0.5, 0.6) is 0 Å². The van der Waals surface area contributed by atoms with Crippen molar-refractivity contribution in [1.29, 1.82) is 0 Å². The Morgan fingerprint density at radius 2 is 1.55 bits per heavy atom. The van der Waals surface area contributed by atoms with Crippen LogP contribution in [0.1, 0.15) is 37.7 Å². The van der Waals surface area contributed by atoms with Gasteiger partial charge in [-0.25, -0.2) is 4.39 Å². The number of halogens is 1. The highest BCUT2D eigenvalue weighted by molar-refractivity contribution is 5.32. The van der Waals surface area contributed by atoms with Crippen LogP contribution in [0.25, 0.3) is 0 Å². The van der Waals surface area contributed by atoms with E-state index in [9.17, 15) is 9.30 Å². The molecule has 0 aromatic heterocycles. The molecule has 0 amide bonds. The van der Waals surface area contributed by atoms with Crippen molar-refractivity contribution in [3.8, 4) is 0 Å². The molecule has 3 heteroatoms. The third-order valence-corrected chi connectivity index (χ3v) is 6.30. The molecule has 4 aliphatic rings. The summed E-state index contributed by atoms with van der Waals surface area (Å²) in [5.74, 6) is 2.66. The van der Waals surface area contributed by atoms with Crippen molar-refractivity contribution in [3.05, 3.63) is 40.6 Å². The van der Waals surface area contributed by atoms with Gasteiger partial charge in [0.1, 0.15) is 5.82 Å². The second kappa shape index (κ2) is 4.37. The Balaban J connectivity index is 1.80. The zero-order chi connectivity index (χ0) is 13.7. The van der Waals surface area contributed by atoms with Crippen LogP contribution < -0.4 is 0 Å². The van der Waals surface area contributed by atoms with Crippen molar-refractivity contribution in [2.75, 3.05) is 6.54 Å². The summed E-state index contributed by atoms with van der Waals surface area (Å²) < 4.78 is 13.2. The molecule has 5 rings (SSSR count). The zero-order valence-corrected chi connectivity index (χ0v) is 11.6. The molecule has 4 bridgehead atoms. The Kier molecular flexibility index (Phi) is 2.73. The molecular formula is C17H20FNO. The van der Waals surface area contributed by atoms with Crippen LogP contribution in [0.3, 0.4) is 0 Å². The van der Waals surface area contributed by atoms with Gasteiger partial charge in [-0.1, -0.05) is 17.3 Å². The van der Waals surface area contributed by atoms with Crippen LogP contribution in [-0.4, -0.2) is 6.54 Å². The molecule has 0 radical (unpaired) electrons. The van der Waals surface area contributed by atoms with Gasteiger partial charge in [-0.2, -0.15) is 4.91 Å². The normalized spacial score (nSPS) is 41.9. The molecule has 106 valence electrons. The Bertz CT molecular complexity index is 496. The van der Waals surface area contributed by atoms with Crippen molar-refractivity contribution in [2.24, 2.45) is 28.8 Å². The fourth-order valence-electron chi connectivity index (χ4n) is 5.71. The highest BCUT2D eigenvalue weighted by atomic mass is 19.1. The summed E-state index contributed by atoms with van der Waals surface area (Å²) in [5.41, 5.74) is 1.04. The van der Waals surface area contributed by atoms with Crippen LogP contribution in [0.2, 0.25) is 0 Å². The maximum atomic E-state index is 13.2. The number of hydrogen-bond acceptors (Lipinski definition) is 2. The Hall–Kier alpha value is -1.25. The first-order valence-corrected chi connectivity index (χ1v) is 7.77. The summed E-state index contributed by atoms with van der Waals surface area (Å²) in [6.45, 7) is 0.368. The van der Waals surface area contributed by atoms with Crippen molar-refractivity contribution >= 4 is 0 Å². The standard InChI is InChI=1S/C17H20FNO/c18-16-3-1-13(2-4-16)17(10-19-20)14-6-11-5-12(8-14)9-15(17)7-11/h1-4,11-12,14-15H,5-10H2. The molecule has 0 heterocycles. The molecule has 0 aliphatic heterocycles. The van der Waals surface area contributed by atoms with Crippen molar-refractivity contribution < 1.29 is 4.39 Å². The third kappa shape index (κ3) is 1.61. The van der Waals surface area contributed by atoms with Gasteiger partial charge in [0.2, 0.25) is 0 Å². The zero-order valence-electron chi connectivity index (χ0n) is 11.6. The molecule has 4 saturated carbocycles. The number of rotatable bonds is 3. The Morgan fingerprint density at radius 3 is 2.05 bits per heavy atom. The highest BCUT2D eigenvalue weighted by Gasteiger charge is 2.57. The van der Waals surface area contributed by atoms with Gasteiger partial charge in [0.05, 0.1) is 6.54 Å². The second-order valence-corrected chi connectivity index (χ2v) is 7.14. The quantitative estimate of drug-likeness (QED) is 0.755. The van der Waals surface area contributed by atoms with Gasteiger partial charge in [0.25, 0.3) is 0 Å². The minimum absolute atomic E-state index is 0.108. The van der Waals surface area contributed by atoms with Crippen LogP contribution in [0.4, 0.5) is 4.39 Å². The van der Waals surface area contributed by atoms with E-state index in [1.807, 2.05) is 12.1 Å². The summed E-state index contributed by atoms with van der Waals surface area (Å²) in [7, 11) is 0. The first kappa shape index (κ1) is 12.5. The highest BCUT2D eigenvalue weighted by Crippen LogP contribution is 2.62.